The van der Waals surface area contributed by atoms with Gasteiger partial charge in [0.1, 0.15) is 12.2 Å². The Hall–Kier alpha value is -3.16. The number of guanidine groups is 1. The molecule has 3 rings (SSSR count). The highest BCUT2D eigenvalue weighted by Gasteiger charge is 2.07. The first-order chi connectivity index (χ1) is 13.2. The molecule has 0 bridgehead atoms. The maximum Gasteiger partial charge on any atom is 0.191 e. The molecule has 0 atom stereocenters. The van der Waals surface area contributed by atoms with Crippen molar-refractivity contribution >= 4 is 5.96 Å². The van der Waals surface area contributed by atoms with E-state index in [9.17, 15) is 0 Å². The van der Waals surface area contributed by atoms with Crippen molar-refractivity contribution in [2.45, 2.75) is 26.3 Å². The van der Waals surface area contributed by atoms with Gasteiger partial charge in [0.05, 0.1) is 17.9 Å². The fourth-order valence-electron chi connectivity index (χ4n) is 2.80. The van der Waals surface area contributed by atoms with Crippen LogP contribution in [-0.4, -0.2) is 44.1 Å². The quantitative estimate of drug-likeness (QED) is 0.377. The molecule has 0 saturated heterocycles. The van der Waals surface area contributed by atoms with Crippen LogP contribution in [0, 0.1) is 6.92 Å². The zero-order valence-corrected chi connectivity index (χ0v) is 16.1. The van der Waals surface area contributed by atoms with Gasteiger partial charge in [0.25, 0.3) is 0 Å². The summed E-state index contributed by atoms with van der Waals surface area (Å²) in [6, 6.07) is 10.2. The van der Waals surface area contributed by atoms with Gasteiger partial charge in [-0.25, -0.2) is 9.67 Å². The Morgan fingerprint density at radius 1 is 1.19 bits per heavy atom. The maximum atomic E-state index is 4.62. The molecule has 2 aromatic heterocycles. The summed E-state index contributed by atoms with van der Waals surface area (Å²) in [6.45, 7) is 3.47. The van der Waals surface area contributed by atoms with Crippen molar-refractivity contribution in [3.63, 3.8) is 0 Å². The number of aryl methyl sites for hydroxylation is 3. The van der Waals surface area contributed by atoms with Crippen molar-refractivity contribution in [3.05, 3.63) is 59.9 Å². The summed E-state index contributed by atoms with van der Waals surface area (Å²) in [5.74, 6) is 1.62. The summed E-state index contributed by atoms with van der Waals surface area (Å²) in [5, 5.41) is 15.3. The van der Waals surface area contributed by atoms with E-state index in [2.05, 4.69) is 56.1 Å². The van der Waals surface area contributed by atoms with Crippen LogP contribution >= 0.6 is 0 Å². The third kappa shape index (κ3) is 4.93. The van der Waals surface area contributed by atoms with Crippen molar-refractivity contribution in [1.29, 1.82) is 0 Å². The van der Waals surface area contributed by atoms with Gasteiger partial charge in [-0.05, 0) is 37.5 Å². The van der Waals surface area contributed by atoms with E-state index in [1.807, 2.05) is 29.9 Å². The second kappa shape index (κ2) is 8.98. The largest absolute Gasteiger partial charge is 0.356 e. The number of hydrogen-bond donors (Lipinski definition) is 2. The highest BCUT2D eigenvalue weighted by molar-refractivity contribution is 5.79. The highest BCUT2D eigenvalue weighted by Crippen LogP contribution is 2.13. The van der Waals surface area contributed by atoms with Crippen LogP contribution in [0.25, 0.3) is 5.69 Å². The number of hydrogen-bond acceptors (Lipinski definition) is 4. The van der Waals surface area contributed by atoms with Crippen LogP contribution in [-0.2, 0) is 20.0 Å². The molecule has 2 heterocycles. The first-order valence-corrected chi connectivity index (χ1v) is 9.05. The first-order valence-electron chi connectivity index (χ1n) is 9.05. The number of aliphatic imine (C=N–C) groups is 1. The van der Waals surface area contributed by atoms with E-state index in [-0.39, 0.29) is 0 Å². The van der Waals surface area contributed by atoms with Crippen LogP contribution in [0.15, 0.2) is 47.8 Å². The van der Waals surface area contributed by atoms with E-state index in [0.29, 0.717) is 6.54 Å². The van der Waals surface area contributed by atoms with Crippen LogP contribution < -0.4 is 10.6 Å². The molecule has 142 valence electrons. The molecule has 2 N–H and O–H groups in total. The fourth-order valence-corrected chi connectivity index (χ4v) is 2.80. The molecule has 0 radical (unpaired) electrons. The van der Waals surface area contributed by atoms with Gasteiger partial charge in [-0.3, -0.25) is 9.67 Å². The van der Waals surface area contributed by atoms with E-state index in [4.69, 9.17) is 0 Å². The SMILES string of the molecule is CN=C(NCCCc1cn(-c2ccccc2)nc1C)NCc1ncnn1C. The van der Waals surface area contributed by atoms with E-state index >= 15 is 0 Å². The molecule has 0 aliphatic rings. The molecule has 1 aromatic carbocycles. The molecular formula is C19H26N8. The van der Waals surface area contributed by atoms with Crippen molar-refractivity contribution in [3.8, 4) is 5.69 Å². The van der Waals surface area contributed by atoms with Crippen molar-refractivity contribution in [2.24, 2.45) is 12.0 Å². The fraction of sp³-hybridized carbons (Fsp3) is 0.368. The minimum absolute atomic E-state index is 0.582. The molecule has 27 heavy (non-hydrogen) atoms. The van der Waals surface area contributed by atoms with Gasteiger partial charge in [-0.15, -0.1) is 0 Å². The van der Waals surface area contributed by atoms with E-state index in [1.54, 1.807) is 18.1 Å². The third-order valence-electron chi connectivity index (χ3n) is 4.38. The minimum atomic E-state index is 0.582. The van der Waals surface area contributed by atoms with Gasteiger partial charge in [0.2, 0.25) is 0 Å². The molecular weight excluding hydrogens is 340 g/mol. The lowest BCUT2D eigenvalue weighted by molar-refractivity contribution is 0.668. The van der Waals surface area contributed by atoms with Gasteiger partial charge in [-0.2, -0.15) is 10.2 Å². The van der Waals surface area contributed by atoms with Crippen LogP contribution in [0.2, 0.25) is 0 Å². The Balaban J connectivity index is 1.45. The number of nitrogens with zero attached hydrogens (tertiary/aromatic N) is 6. The van der Waals surface area contributed by atoms with Gasteiger partial charge in [0, 0.05) is 26.8 Å². The molecule has 0 unspecified atom stereocenters. The smallest absolute Gasteiger partial charge is 0.191 e. The Morgan fingerprint density at radius 3 is 2.70 bits per heavy atom. The van der Waals surface area contributed by atoms with E-state index < -0.39 is 0 Å². The summed E-state index contributed by atoms with van der Waals surface area (Å²) >= 11 is 0. The highest BCUT2D eigenvalue weighted by atomic mass is 15.3. The molecule has 0 aliphatic carbocycles. The summed E-state index contributed by atoms with van der Waals surface area (Å²) < 4.78 is 3.69. The van der Waals surface area contributed by atoms with Crippen molar-refractivity contribution < 1.29 is 0 Å². The Labute approximate surface area is 159 Å². The summed E-state index contributed by atoms with van der Waals surface area (Å²) in [6.07, 6.45) is 5.62. The topological polar surface area (TPSA) is 84.9 Å². The maximum absolute atomic E-state index is 4.62. The lowest BCUT2D eigenvalue weighted by Crippen LogP contribution is -2.38. The van der Waals surface area contributed by atoms with Crippen molar-refractivity contribution in [2.75, 3.05) is 13.6 Å². The zero-order chi connectivity index (χ0) is 19.1. The van der Waals surface area contributed by atoms with Gasteiger partial charge in [0.15, 0.2) is 5.96 Å². The predicted octanol–water partition coefficient (Wildman–Crippen LogP) is 1.61. The molecule has 8 nitrogen and oxygen atoms in total. The second-order valence-electron chi connectivity index (χ2n) is 6.28. The zero-order valence-electron chi connectivity index (χ0n) is 16.1. The van der Waals surface area contributed by atoms with Crippen LogP contribution in [0.5, 0.6) is 0 Å². The van der Waals surface area contributed by atoms with E-state index in [0.717, 1.165) is 42.6 Å². The molecule has 0 fully saturated rings. The average molecular weight is 366 g/mol. The lowest BCUT2D eigenvalue weighted by atomic mass is 10.1. The number of rotatable bonds is 7. The Morgan fingerprint density at radius 2 is 2.00 bits per heavy atom. The molecule has 0 spiro atoms. The average Bonchev–Trinajstić information content (AvgIpc) is 3.27. The normalized spacial score (nSPS) is 11.6. The summed E-state index contributed by atoms with van der Waals surface area (Å²) in [7, 11) is 3.64. The second-order valence-corrected chi connectivity index (χ2v) is 6.28. The number of para-hydroxylation sites is 1. The Kier molecular flexibility index (Phi) is 6.19. The monoisotopic (exact) mass is 366 g/mol. The van der Waals surface area contributed by atoms with Crippen LogP contribution in [0.3, 0.4) is 0 Å². The van der Waals surface area contributed by atoms with Gasteiger partial charge in [-0.1, -0.05) is 18.2 Å². The summed E-state index contributed by atoms with van der Waals surface area (Å²) in [4.78, 5) is 8.44. The predicted molar refractivity (Wildman–Crippen MR) is 106 cm³/mol. The molecule has 8 heteroatoms. The van der Waals surface area contributed by atoms with Gasteiger partial charge >= 0.3 is 0 Å². The third-order valence-corrected chi connectivity index (χ3v) is 4.38. The summed E-state index contributed by atoms with van der Waals surface area (Å²) in [5.41, 5.74) is 3.42. The molecule has 3 aromatic rings. The van der Waals surface area contributed by atoms with Crippen LogP contribution in [0.4, 0.5) is 0 Å². The van der Waals surface area contributed by atoms with Gasteiger partial charge < -0.3 is 10.6 Å². The van der Waals surface area contributed by atoms with Crippen LogP contribution in [0.1, 0.15) is 23.5 Å². The molecule has 0 aliphatic heterocycles. The molecule has 0 amide bonds. The van der Waals surface area contributed by atoms with E-state index in [1.165, 1.54) is 5.56 Å². The first kappa shape index (κ1) is 18.6. The Bertz CT molecular complexity index is 878. The lowest BCUT2D eigenvalue weighted by Gasteiger charge is -2.11. The standard InChI is InChI=1S/C19H26N8/c1-15-16(13-27(25-15)17-9-5-4-6-10-17)8-7-11-21-19(20-2)22-12-18-23-14-24-26(18)3/h4-6,9-10,13-14H,7-8,11-12H2,1-3H3,(H2,20,21,22). The minimum Gasteiger partial charge on any atom is -0.356 e. The van der Waals surface area contributed by atoms with Crippen molar-refractivity contribution in [1.82, 2.24) is 35.2 Å². The number of aromatic nitrogens is 5. The molecule has 0 saturated carbocycles. The number of benzene rings is 1. The number of nitrogens with one attached hydrogen (secondary N) is 2.